The maximum absolute atomic E-state index is 4.47. The fourth-order valence-electron chi connectivity index (χ4n) is 3.96. The molecular weight excluding hydrogens is 324 g/mol. The van der Waals surface area contributed by atoms with Gasteiger partial charge in [-0.25, -0.2) is 4.98 Å². The second-order valence-corrected chi connectivity index (χ2v) is 7.03. The van der Waals surface area contributed by atoms with Gasteiger partial charge in [0.15, 0.2) is 5.82 Å². The molecule has 2 saturated heterocycles. The van der Waals surface area contributed by atoms with Crippen LogP contribution in [0.1, 0.15) is 0 Å². The third-order valence-electron chi connectivity index (χ3n) is 5.52. The summed E-state index contributed by atoms with van der Waals surface area (Å²) in [4.78, 5) is 11.8. The zero-order valence-corrected chi connectivity index (χ0v) is 14.7. The number of nitrogens with zero attached hydrogens (tertiary/aromatic N) is 6. The van der Waals surface area contributed by atoms with Crippen molar-refractivity contribution in [1.29, 1.82) is 0 Å². The molecule has 1 aromatic carbocycles. The van der Waals surface area contributed by atoms with E-state index in [2.05, 4.69) is 60.2 Å². The SMILES string of the molecule is c1ccc(N2CCN(C3CN(c4nncc5ccccc45)C3)CC2)nc1. The van der Waals surface area contributed by atoms with Gasteiger partial charge in [-0.05, 0) is 12.1 Å². The predicted molar refractivity (Wildman–Crippen MR) is 104 cm³/mol. The van der Waals surface area contributed by atoms with Crippen LogP contribution in [-0.4, -0.2) is 65.4 Å². The van der Waals surface area contributed by atoms with E-state index >= 15 is 0 Å². The molecule has 0 aliphatic carbocycles. The molecule has 2 fully saturated rings. The minimum Gasteiger partial charge on any atom is -0.354 e. The summed E-state index contributed by atoms with van der Waals surface area (Å²) in [5.74, 6) is 2.11. The van der Waals surface area contributed by atoms with Crippen molar-refractivity contribution in [1.82, 2.24) is 20.1 Å². The molecule has 3 aromatic rings. The summed E-state index contributed by atoms with van der Waals surface area (Å²) in [5, 5.41) is 10.9. The molecule has 0 atom stereocenters. The molecule has 132 valence electrons. The normalized spacial score (nSPS) is 18.9. The van der Waals surface area contributed by atoms with Crippen molar-refractivity contribution in [2.75, 3.05) is 49.1 Å². The number of pyridine rings is 1. The van der Waals surface area contributed by atoms with Crippen LogP contribution in [0, 0.1) is 0 Å². The molecule has 0 spiro atoms. The predicted octanol–water partition coefficient (Wildman–Crippen LogP) is 2.04. The Labute approximate surface area is 153 Å². The van der Waals surface area contributed by atoms with Crippen molar-refractivity contribution in [3.05, 3.63) is 54.9 Å². The van der Waals surface area contributed by atoms with Gasteiger partial charge >= 0.3 is 0 Å². The molecule has 0 saturated carbocycles. The number of aromatic nitrogens is 3. The van der Waals surface area contributed by atoms with Crippen molar-refractivity contribution in [2.24, 2.45) is 0 Å². The third-order valence-corrected chi connectivity index (χ3v) is 5.52. The molecule has 0 amide bonds. The first-order chi connectivity index (χ1) is 12.9. The monoisotopic (exact) mass is 346 g/mol. The number of hydrogen-bond acceptors (Lipinski definition) is 6. The zero-order chi connectivity index (χ0) is 17.3. The molecule has 4 heterocycles. The summed E-state index contributed by atoms with van der Waals surface area (Å²) < 4.78 is 0. The first-order valence-electron chi connectivity index (χ1n) is 9.24. The Kier molecular flexibility index (Phi) is 3.90. The lowest BCUT2D eigenvalue weighted by Crippen LogP contribution is -2.63. The van der Waals surface area contributed by atoms with Crippen LogP contribution < -0.4 is 9.80 Å². The van der Waals surface area contributed by atoms with Gasteiger partial charge in [0.05, 0.1) is 6.20 Å². The van der Waals surface area contributed by atoms with Crippen LogP contribution in [0.15, 0.2) is 54.9 Å². The number of benzene rings is 1. The van der Waals surface area contributed by atoms with Crippen molar-refractivity contribution in [2.45, 2.75) is 6.04 Å². The van der Waals surface area contributed by atoms with E-state index in [-0.39, 0.29) is 0 Å². The lowest BCUT2D eigenvalue weighted by atomic mass is 10.0. The Hall–Kier alpha value is -2.73. The second-order valence-electron chi connectivity index (χ2n) is 7.03. The molecule has 6 nitrogen and oxygen atoms in total. The number of hydrogen-bond donors (Lipinski definition) is 0. The van der Waals surface area contributed by atoms with Crippen LogP contribution in [0.5, 0.6) is 0 Å². The maximum Gasteiger partial charge on any atom is 0.159 e. The molecule has 2 aliphatic heterocycles. The molecule has 0 N–H and O–H groups in total. The van der Waals surface area contributed by atoms with Crippen molar-refractivity contribution < 1.29 is 0 Å². The second kappa shape index (κ2) is 6.53. The Morgan fingerprint density at radius 2 is 1.65 bits per heavy atom. The van der Waals surface area contributed by atoms with Crippen LogP contribution in [0.3, 0.4) is 0 Å². The third kappa shape index (κ3) is 2.76. The molecule has 0 unspecified atom stereocenters. The van der Waals surface area contributed by atoms with E-state index in [1.54, 1.807) is 0 Å². The highest BCUT2D eigenvalue weighted by atomic mass is 15.4. The summed E-state index contributed by atoms with van der Waals surface area (Å²) in [6.45, 7) is 6.34. The van der Waals surface area contributed by atoms with E-state index < -0.39 is 0 Å². The lowest BCUT2D eigenvalue weighted by molar-refractivity contribution is 0.156. The van der Waals surface area contributed by atoms with Gasteiger partial charge in [-0.1, -0.05) is 30.3 Å². The maximum atomic E-state index is 4.47. The molecule has 0 bridgehead atoms. The van der Waals surface area contributed by atoms with Gasteiger partial charge in [-0.2, -0.15) is 5.10 Å². The molecule has 6 heteroatoms. The van der Waals surface area contributed by atoms with Gasteiger partial charge in [0.1, 0.15) is 5.82 Å². The zero-order valence-electron chi connectivity index (χ0n) is 14.7. The summed E-state index contributed by atoms with van der Waals surface area (Å²) in [6.07, 6.45) is 3.71. The van der Waals surface area contributed by atoms with Gasteiger partial charge in [0.25, 0.3) is 0 Å². The van der Waals surface area contributed by atoms with Gasteiger partial charge in [-0.3, -0.25) is 4.90 Å². The Morgan fingerprint density at radius 1 is 0.846 bits per heavy atom. The number of fused-ring (bicyclic) bond motifs is 1. The minimum atomic E-state index is 0.613. The number of rotatable bonds is 3. The first-order valence-corrected chi connectivity index (χ1v) is 9.24. The van der Waals surface area contributed by atoms with E-state index in [9.17, 15) is 0 Å². The molecule has 5 rings (SSSR count). The molecule has 2 aliphatic rings. The topological polar surface area (TPSA) is 48.4 Å². The van der Waals surface area contributed by atoms with E-state index in [1.807, 2.05) is 24.5 Å². The van der Waals surface area contributed by atoms with E-state index in [1.165, 1.54) is 5.39 Å². The van der Waals surface area contributed by atoms with Gasteiger partial charge in [-0.15, -0.1) is 5.10 Å². The standard InChI is InChI=1S/C20H22N6/c1-2-6-18-16(5-1)13-22-23-20(18)26-14-17(15-26)24-9-11-25(12-10-24)19-7-3-4-8-21-19/h1-8,13,17H,9-12,14-15H2. The molecule has 2 aromatic heterocycles. The van der Waals surface area contributed by atoms with Crippen molar-refractivity contribution in [3.63, 3.8) is 0 Å². The Balaban J connectivity index is 1.21. The quantitative estimate of drug-likeness (QED) is 0.723. The summed E-state index contributed by atoms with van der Waals surface area (Å²) in [7, 11) is 0. The fourth-order valence-corrected chi connectivity index (χ4v) is 3.96. The Morgan fingerprint density at radius 3 is 2.46 bits per heavy atom. The minimum absolute atomic E-state index is 0.613. The summed E-state index contributed by atoms with van der Waals surface area (Å²) in [5.41, 5.74) is 0. The number of anilines is 2. The van der Waals surface area contributed by atoms with Crippen LogP contribution in [0.4, 0.5) is 11.6 Å². The lowest BCUT2D eigenvalue weighted by Gasteiger charge is -2.48. The highest BCUT2D eigenvalue weighted by Crippen LogP contribution is 2.29. The highest BCUT2D eigenvalue weighted by molar-refractivity contribution is 5.91. The first kappa shape index (κ1) is 15.5. The fraction of sp³-hybridized carbons (Fsp3) is 0.350. The van der Waals surface area contributed by atoms with Crippen LogP contribution >= 0.6 is 0 Å². The van der Waals surface area contributed by atoms with E-state index in [0.29, 0.717) is 6.04 Å². The highest BCUT2D eigenvalue weighted by Gasteiger charge is 2.35. The van der Waals surface area contributed by atoms with E-state index in [4.69, 9.17) is 0 Å². The van der Waals surface area contributed by atoms with Crippen LogP contribution in [-0.2, 0) is 0 Å². The number of piperazine rings is 1. The van der Waals surface area contributed by atoms with E-state index in [0.717, 1.165) is 56.3 Å². The average molecular weight is 346 g/mol. The van der Waals surface area contributed by atoms with Crippen LogP contribution in [0.25, 0.3) is 10.8 Å². The summed E-state index contributed by atoms with van der Waals surface area (Å²) >= 11 is 0. The largest absolute Gasteiger partial charge is 0.354 e. The van der Waals surface area contributed by atoms with Gasteiger partial charge < -0.3 is 9.80 Å². The van der Waals surface area contributed by atoms with Gasteiger partial charge in [0, 0.05) is 62.3 Å². The molecule has 0 radical (unpaired) electrons. The Bertz CT molecular complexity index is 880. The van der Waals surface area contributed by atoms with Gasteiger partial charge in [0.2, 0.25) is 0 Å². The average Bonchev–Trinajstić information content (AvgIpc) is 2.68. The molecular formula is C20H22N6. The molecule has 26 heavy (non-hydrogen) atoms. The smallest absolute Gasteiger partial charge is 0.159 e. The van der Waals surface area contributed by atoms with Crippen molar-refractivity contribution in [3.8, 4) is 0 Å². The summed E-state index contributed by atoms with van der Waals surface area (Å²) in [6, 6.07) is 15.1. The van der Waals surface area contributed by atoms with Crippen LogP contribution in [0.2, 0.25) is 0 Å². The van der Waals surface area contributed by atoms with Crippen molar-refractivity contribution >= 4 is 22.4 Å².